The maximum absolute atomic E-state index is 13.4. The Kier molecular flexibility index (Phi) is 16.3. The number of amides is 2. The molecule has 2 N–H and O–H groups in total. The molecular formula is C34H63N3O7P+. The Balaban J connectivity index is 2.03. The molecule has 11 heteroatoms. The predicted octanol–water partition coefficient (Wildman–Crippen LogP) is 7.26. The van der Waals surface area contributed by atoms with Gasteiger partial charge in [0.05, 0.1) is 31.1 Å². The Morgan fingerprint density at radius 1 is 1.04 bits per heavy atom. The number of methoxy groups -OCH3 is 1. The maximum atomic E-state index is 13.4. The van der Waals surface area contributed by atoms with Crippen LogP contribution in [0.4, 0.5) is 4.79 Å². The van der Waals surface area contributed by atoms with E-state index in [1.165, 1.54) is 64.1 Å². The van der Waals surface area contributed by atoms with Gasteiger partial charge in [0, 0.05) is 26.8 Å². The van der Waals surface area contributed by atoms with Crippen LogP contribution in [-0.2, 0) is 29.9 Å². The molecule has 0 unspecified atom stereocenters. The van der Waals surface area contributed by atoms with Gasteiger partial charge in [0.2, 0.25) is 0 Å². The van der Waals surface area contributed by atoms with Crippen molar-refractivity contribution in [3.8, 4) is 0 Å². The third-order valence-corrected chi connectivity index (χ3v) is 12.9. The fourth-order valence-corrected chi connectivity index (χ4v) is 10.7. The number of hydrogen-bond donors (Lipinski definition) is 2. The van der Waals surface area contributed by atoms with Crippen LogP contribution >= 0.6 is 7.26 Å². The van der Waals surface area contributed by atoms with Gasteiger partial charge in [-0.15, -0.1) is 0 Å². The molecule has 0 bridgehead atoms. The van der Waals surface area contributed by atoms with Gasteiger partial charge in [-0.05, 0) is 60.3 Å². The first-order valence-electron chi connectivity index (χ1n) is 17.1. The first-order valence-corrected chi connectivity index (χ1v) is 19.6. The minimum Gasteiger partial charge on any atom is -0.448 e. The van der Waals surface area contributed by atoms with Crippen LogP contribution in [0.15, 0.2) is 10.7 Å². The van der Waals surface area contributed by atoms with Gasteiger partial charge in [-0.25, -0.2) is 9.78 Å². The van der Waals surface area contributed by atoms with Crippen molar-refractivity contribution >= 4 is 19.3 Å². The quantitative estimate of drug-likeness (QED) is 0.141. The molecule has 0 aliphatic carbocycles. The summed E-state index contributed by atoms with van der Waals surface area (Å²) < 4.78 is 28.8. The van der Waals surface area contributed by atoms with Crippen molar-refractivity contribution in [2.24, 2.45) is 0 Å². The smallest absolute Gasteiger partial charge is 0.408 e. The molecule has 1 aromatic heterocycles. The summed E-state index contributed by atoms with van der Waals surface area (Å²) >= 11 is 0. The molecule has 1 saturated heterocycles. The summed E-state index contributed by atoms with van der Waals surface area (Å²) in [6, 6.07) is -0.658. The fraction of sp³-hybridized carbons (Fsp3) is 0.853. The zero-order valence-corrected chi connectivity index (χ0v) is 30.7. The van der Waals surface area contributed by atoms with Crippen LogP contribution in [0.2, 0.25) is 0 Å². The summed E-state index contributed by atoms with van der Waals surface area (Å²) in [6.07, 6.45) is 12.9. The van der Waals surface area contributed by atoms with Crippen molar-refractivity contribution in [2.45, 2.75) is 149 Å². The first-order chi connectivity index (χ1) is 21.2. The number of oxazole rings is 1. The number of unbranched alkanes of at least 4 members (excludes halogenated alkanes) is 3. The zero-order chi connectivity index (χ0) is 33.7. The molecule has 2 heterocycles. The van der Waals surface area contributed by atoms with Gasteiger partial charge in [0.1, 0.15) is 29.8 Å². The first kappa shape index (κ1) is 39.4. The predicted molar refractivity (Wildman–Crippen MR) is 181 cm³/mol. The number of alkyl carbamates (subject to hydrolysis) is 1. The largest absolute Gasteiger partial charge is 0.448 e. The van der Waals surface area contributed by atoms with Crippen molar-refractivity contribution in [1.29, 1.82) is 0 Å². The zero-order valence-electron chi connectivity index (χ0n) is 29.8. The fourth-order valence-electron chi connectivity index (χ4n) is 5.80. The second kappa shape index (κ2) is 18.6. The van der Waals surface area contributed by atoms with Crippen molar-refractivity contribution in [3.63, 3.8) is 0 Å². The molecule has 2 amide bonds. The highest BCUT2D eigenvalue weighted by Gasteiger charge is 2.49. The molecule has 1 aliphatic rings. The van der Waals surface area contributed by atoms with Crippen molar-refractivity contribution in [1.82, 2.24) is 15.6 Å². The number of hydrogen-bond acceptors (Lipinski definition) is 8. The monoisotopic (exact) mass is 656 g/mol. The van der Waals surface area contributed by atoms with Crippen LogP contribution in [-0.4, -0.2) is 85.4 Å². The van der Waals surface area contributed by atoms with E-state index < -0.39 is 43.0 Å². The molecule has 260 valence electrons. The molecule has 0 saturated carbocycles. The topological polar surface area (TPSA) is 121 Å². The number of ether oxygens (including phenoxy) is 4. The van der Waals surface area contributed by atoms with Crippen molar-refractivity contribution in [2.75, 3.05) is 38.7 Å². The van der Waals surface area contributed by atoms with Crippen LogP contribution < -0.4 is 10.6 Å². The average Bonchev–Trinajstić information content (AvgIpc) is 3.56. The molecule has 10 nitrogen and oxygen atoms in total. The minimum absolute atomic E-state index is 0.0387. The SMILES string of the molecule is CCCC[P+](CCCC)(CCCC)Cc1coc([C@H](C)CCNC(=O)[C@@H]2OC(C)(C)O[C@@H]2[C@@H](COC)NC(=O)OC(C)(C)C)n1. The van der Waals surface area contributed by atoms with Crippen LogP contribution in [0.1, 0.15) is 125 Å². The molecule has 0 radical (unpaired) electrons. The number of nitrogens with one attached hydrogen (secondary N) is 2. The van der Waals surface area contributed by atoms with Crippen LogP contribution in [0.25, 0.3) is 0 Å². The van der Waals surface area contributed by atoms with E-state index in [9.17, 15) is 9.59 Å². The van der Waals surface area contributed by atoms with Gasteiger partial charge in [-0.1, -0.05) is 47.0 Å². The maximum Gasteiger partial charge on any atom is 0.408 e. The summed E-state index contributed by atoms with van der Waals surface area (Å²) in [7, 11) is 0.397. The lowest BCUT2D eigenvalue weighted by Crippen LogP contribution is -2.54. The second-order valence-corrected chi connectivity index (χ2v) is 18.5. The highest BCUT2D eigenvalue weighted by Crippen LogP contribution is 2.63. The summed E-state index contributed by atoms with van der Waals surface area (Å²) in [5.41, 5.74) is 0.412. The highest BCUT2D eigenvalue weighted by molar-refractivity contribution is 7.75. The van der Waals surface area contributed by atoms with Crippen LogP contribution in [0, 0.1) is 0 Å². The highest BCUT2D eigenvalue weighted by atomic mass is 31.2. The molecule has 1 fully saturated rings. The van der Waals surface area contributed by atoms with E-state index in [0.29, 0.717) is 13.0 Å². The lowest BCUT2D eigenvalue weighted by molar-refractivity contribution is -0.157. The Morgan fingerprint density at radius 2 is 1.64 bits per heavy atom. The van der Waals surface area contributed by atoms with E-state index in [4.69, 9.17) is 28.3 Å². The summed E-state index contributed by atoms with van der Waals surface area (Å²) in [5, 5.41) is 5.80. The van der Waals surface area contributed by atoms with E-state index in [-0.39, 0.29) is 18.4 Å². The van der Waals surface area contributed by atoms with Gasteiger partial charge >= 0.3 is 6.09 Å². The molecule has 1 aromatic rings. The number of carbonyl (C=O) groups excluding carboxylic acids is 2. The van der Waals surface area contributed by atoms with Gasteiger partial charge < -0.3 is 34.0 Å². The van der Waals surface area contributed by atoms with Crippen LogP contribution in [0.3, 0.4) is 0 Å². The number of carbonyl (C=O) groups is 2. The molecule has 4 atom stereocenters. The summed E-state index contributed by atoms with van der Waals surface area (Å²) in [6.45, 7) is 18.3. The van der Waals surface area contributed by atoms with Gasteiger partial charge in [-0.2, -0.15) is 0 Å². The molecule has 2 rings (SSSR count). The third kappa shape index (κ3) is 13.5. The summed E-state index contributed by atoms with van der Waals surface area (Å²) in [5.74, 6) is -0.564. The van der Waals surface area contributed by atoms with E-state index in [1.54, 1.807) is 34.6 Å². The molecule has 1 aliphatic heterocycles. The number of rotatable bonds is 20. The second-order valence-electron chi connectivity index (χ2n) is 14.1. The van der Waals surface area contributed by atoms with Gasteiger partial charge in [-0.3, -0.25) is 4.79 Å². The van der Waals surface area contributed by atoms with Crippen molar-refractivity contribution < 1.29 is 33.0 Å². The number of aromatic nitrogens is 1. The van der Waals surface area contributed by atoms with Crippen LogP contribution in [0.5, 0.6) is 0 Å². The third-order valence-electron chi connectivity index (χ3n) is 8.16. The number of nitrogens with zero attached hydrogens (tertiary/aromatic N) is 1. The Labute approximate surface area is 273 Å². The lowest BCUT2D eigenvalue weighted by atomic mass is 10.0. The van der Waals surface area contributed by atoms with E-state index in [2.05, 4.69) is 38.3 Å². The lowest BCUT2D eigenvalue weighted by Gasteiger charge is -2.28. The normalized spacial score (nSPS) is 19.7. The molecule has 45 heavy (non-hydrogen) atoms. The van der Waals surface area contributed by atoms with E-state index >= 15 is 0 Å². The Morgan fingerprint density at radius 3 is 2.18 bits per heavy atom. The van der Waals surface area contributed by atoms with Gasteiger partial charge in [0.15, 0.2) is 17.8 Å². The average molecular weight is 657 g/mol. The molecular weight excluding hydrogens is 593 g/mol. The summed E-state index contributed by atoms with van der Waals surface area (Å²) in [4.78, 5) is 30.9. The standard InChI is InChI=1S/C34H62N3O7P/c1-11-14-19-45(20-15-12-2,21-16-13-3)24-26-22-41-31(36-26)25(4)17-18-35-30(38)29-28(42-34(8,9)43-29)27(23-40-10)37-32(39)44-33(5,6)7/h22,25,27-29H,11-21,23-24H2,1-10H3,(H-,35,37,38,39)/p+1/t25-,27-,28-,29-/m1/s1. The van der Waals surface area contributed by atoms with Crippen molar-refractivity contribution in [3.05, 3.63) is 17.8 Å². The van der Waals surface area contributed by atoms with Gasteiger partial charge in [0.25, 0.3) is 5.91 Å². The Hall–Kier alpha value is -1.74. The molecule has 0 aromatic carbocycles. The minimum atomic E-state index is -1.13. The van der Waals surface area contributed by atoms with E-state index in [0.717, 1.165) is 17.7 Å². The Bertz CT molecular complexity index is 1000. The molecule has 0 spiro atoms. The van der Waals surface area contributed by atoms with E-state index in [1.807, 2.05) is 6.26 Å².